The molecule has 0 bridgehead atoms. The third-order valence-electron chi connectivity index (χ3n) is 3.94. The van der Waals surface area contributed by atoms with Gasteiger partial charge in [-0.05, 0) is 36.6 Å². The Morgan fingerprint density at radius 1 is 1.25 bits per heavy atom. The molecule has 0 aliphatic carbocycles. The number of pyridine rings is 2. The van der Waals surface area contributed by atoms with Crippen molar-refractivity contribution in [1.29, 1.82) is 0 Å². The first kappa shape index (κ1) is 18.1. The number of ketones is 1. The van der Waals surface area contributed by atoms with E-state index in [-0.39, 0.29) is 10.9 Å². The summed E-state index contributed by atoms with van der Waals surface area (Å²) in [5.41, 5.74) is 7.65. The number of Topliss-reactive ketones (excluding diaryl/α,β-unsaturated/α-hetero) is 1. The molecule has 1 amide bonds. The minimum atomic E-state index is -0.558. The van der Waals surface area contributed by atoms with E-state index in [0.29, 0.717) is 23.1 Å². The molecular formula is C18H20ClN3O2. The quantitative estimate of drug-likeness (QED) is 0.614. The van der Waals surface area contributed by atoms with E-state index >= 15 is 0 Å². The van der Waals surface area contributed by atoms with Crippen molar-refractivity contribution in [2.75, 3.05) is 0 Å². The number of carbonyl (C=O) groups excluding carboxylic acids is 2. The van der Waals surface area contributed by atoms with E-state index in [1.807, 2.05) is 0 Å². The van der Waals surface area contributed by atoms with E-state index < -0.39 is 11.8 Å². The van der Waals surface area contributed by atoms with Gasteiger partial charge in [0.05, 0.1) is 0 Å². The SMILES string of the molecule is CCCCc1nccc(C(N)=O)c1C(C)C(=O)c1ccnc(Cl)c1. The Bertz CT molecular complexity index is 762. The number of amides is 1. The Hall–Kier alpha value is -2.27. The normalized spacial score (nSPS) is 12.0. The van der Waals surface area contributed by atoms with Crippen molar-refractivity contribution in [3.05, 3.63) is 58.1 Å². The largest absolute Gasteiger partial charge is 0.366 e. The van der Waals surface area contributed by atoms with Gasteiger partial charge in [-0.25, -0.2) is 4.98 Å². The van der Waals surface area contributed by atoms with Crippen molar-refractivity contribution in [1.82, 2.24) is 9.97 Å². The Labute approximate surface area is 146 Å². The van der Waals surface area contributed by atoms with Crippen LogP contribution in [0.1, 0.15) is 64.6 Å². The smallest absolute Gasteiger partial charge is 0.249 e. The molecule has 0 spiro atoms. The molecule has 2 aromatic heterocycles. The molecule has 0 aliphatic heterocycles. The van der Waals surface area contributed by atoms with Crippen LogP contribution in [-0.4, -0.2) is 21.7 Å². The molecule has 2 rings (SSSR count). The third-order valence-corrected chi connectivity index (χ3v) is 4.15. The lowest BCUT2D eigenvalue weighted by Gasteiger charge is -2.18. The van der Waals surface area contributed by atoms with Gasteiger partial charge in [0.1, 0.15) is 5.15 Å². The Morgan fingerprint density at radius 3 is 2.58 bits per heavy atom. The maximum Gasteiger partial charge on any atom is 0.249 e. The minimum Gasteiger partial charge on any atom is -0.366 e. The van der Waals surface area contributed by atoms with Crippen LogP contribution in [0.5, 0.6) is 0 Å². The van der Waals surface area contributed by atoms with Crippen molar-refractivity contribution in [3.63, 3.8) is 0 Å². The number of halogens is 1. The summed E-state index contributed by atoms with van der Waals surface area (Å²) in [6, 6.07) is 4.69. The molecular weight excluding hydrogens is 326 g/mol. The van der Waals surface area contributed by atoms with Crippen LogP contribution in [0.15, 0.2) is 30.6 Å². The molecule has 0 radical (unpaired) electrons. The van der Waals surface area contributed by atoms with Crippen molar-refractivity contribution < 1.29 is 9.59 Å². The summed E-state index contributed by atoms with van der Waals surface area (Å²) >= 11 is 5.87. The zero-order chi connectivity index (χ0) is 17.7. The fourth-order valence-corrected chi connectivity index (χ4v) is 2.87. The topological polar surface area (TPSA) is 85.9 Å². The Balaban J connectivity index is 2.48. The second-order valence-corrected chi connectivity index (χ2v) is 6.03. The first-order valence-corrected chi connectivity index (χ1v) is 8.26. The van der Waals surface area contributed by atoms with Crippen molar-refractivity contribution in [2.24, 2.45) is 5.73 Å². The average molecular weight is 346 g/mol. The average Bonchev–Trinajstić information content (AvgIpc) is 2.58. The number of carbonyl (C=O) groups is 2. The molecule has 5 nitrogen and oxygen atoms in total. The maximum atomic E-state index is 12.8. The highest BCUT2D eigenvalue weighted by Crippen LogP contribution is 2.27. The van der Waals surface area contributed by atoms with Crippen molar-refractivity contribution in [2.45, 2.75) is 39.0 Å². The predicted molar refractivity (Wildman–Crippen MR) is 93.4 cm³/mol. The summed E-state index contributed by atoms with van der Waals surface area (Å²) < 4.78 is 0. The van der Waals surface area contributed by atoms with Crippen LogP contribution < -0.4 is 5.73 Å². The lowest BCUT2D eigenvalue weighted by Crippen LogP contribution is -2.21. The van der Waals surface area contributed by atoms with Gasteiger partial charge in [-0.2, -0.15) is 0 Å². The number of hydrogen-bond acceptors (Lipinski definition) is 4. The van der Waals surface area contributed by atoms with Gasteiger partial charge in [-0.3, -0.25) is 14.6 Å². The van der Waals surface area contributed by atoms with Gasteiger partial charge in [0.2, 0.25) is 5.91 Å². The molecule has 0 fully saturated rings. The standard InChI is InChI=1S/C18H20ClN3O2/c1-3-4-5-14-16(13(18(20)24)7-9-21-14)11(2)17(23)12-6-8-22-15(19)10-12/h6-11H,3-5H2,1-2H3,(H2,20,24). The van der Waals surface area contributed by atoms with Gasteiger partial charge < -0.3 is 5.73 Å². The van der Waals surface area contributed by atoms with Gasteiger partial charge in [0.15, 0.2) is 5.78 Å². The van der Waals surface area contributed by atoms with E-state index in [1.54, 1.807) is 25.3 Å². The summed E-state index contributed by atoms with van der Waals surface area (Å²) in [5.74, 6) is -1.25. The van der Waals surface area contributed by atoms with Gasteiger partial charge in [-0.1, -0.05) is 31.9 Å². The minimum absolute atomic E-state index is 0.146. The van der Waals surface area contributed by atoms with E-state index in [0.717, 1.165) is 18.5 Å². The zero-order valence-corrected chi connectivity index (χ0v) is 14.5. The molecule has 126 valence electrons. The highest BCUT2D eigenvalue weighted by molar-refractivity contribution is 6.29. The molecule has 0 aromatic carbocycles. The summed E-state index contributed by atoms with van der Waals surface area (Å²) in [7, 11) is 0. The molecule has 2 heterocycles. The fourth-order valence-electron chi connectivity index (χ4n) is 2.69. The summed E-state index contributed by atoms with van der Waals surface area (Å²) in [4.78, 5) is 32.9. The van der Waals surface area contributed by atoms with Crippen molar-refractivity contribution in [3.8, 4) is 0 Å². The molecule has 0 aliphatic rings. The van der Waals surface area contributed by atoms with Crippen LogP contribution in [-0.2, 0) is 6.42 Å². The van der Waals surface area contributed by atoms with Crippen LogP contribution in [0, 0.1) is 0 Å². The molecule has 1 unspecified atom stereocenters. The lowest BCUT2D eigenvalue weighted by molar-refractivity contribution is 0.0964. The molecule has 0 saturated heterocycles. The zero-order valence-electron chi connectivity index (χ0n) is 13.8. The third kappa shape index (κ3) is 3.97. The molecule has 6 heteroatoms. The van der Waals surface area contributed by atoms with Gasteiger partial charge >= 0.3 is 0 Å². The van der Waals surface area contributed by atoms with Crippen LogP contribution in [0.3, 0.4) is 0 Å². The lowest BCUT2D eigenvalue weighted by atomic mass is 9.87. The molecule has 0 saturated carbocycles. The first-order chi connectivity index (χ1) is 11.5. The van der Waals surface area contributed by atoms with Gasteiger partial charge in [0.25, 0.3) is 0 Å². The number of aromatic nitrogens is 2. The van der Waals surface area contributed by atoms with E-state index in [2.05, 4.69) is 16.9 Å². The number of unbranched alkanes of at least 4 members (excludes halogenated alkanes) is 1. The molecule has 2 N–H and O–H groups in total. The molecule has 2 aromatic rings. The van der Waals surface area contributed by atoms with Gasteiger partial charge in [0, 0.05) is 35.1 Å². The van der Waals surface area contributed by atoms with Crippen LogP contribution >= 0.6 is 11.6 Å². The molecule has 24 heavy (non-hydrogen) atoms. The van der Waals surface area contributed by atoms with Crippen LogP contribution in [0.4, 0.5) is 0 Å². The number of nitrogens with zero attached hydrogens (tertiary/aromatic N) is 2. The highest BCUT2D eigenvalue weighted by atomic mass is 35.5. The second-order valence-electron chi connectivity index (χ2n) is 5.64. The Morgan fingerprint density at radius 2 is 1.96 bits per heavy atom. The fraction of sp³-hybridized carbons (Fsp3) is 0.333. The highest BCUT2D eigenvalue weighted by Gasteiger charge is 2.25. The van der Waals surface area contributed by atoms with Crippen molar-refractivity contribution >= 4 is 23.3 Å². The summed E-state index contributed by atoms with van der Waals surface area (Å²) in [6.45, 7) is 3.83. The maximum absolute atomic E-state index is 12.8. The Kier molecular flexibility index (Phi) is 6.04. The number of hydrogen-bond donors (Lipinski definition) is 1. The number of rotatable bonds is 7. The van der Waals surface area contributed by atoms with E-state index in [4.69, 9.17) is 17.3 Å². The van der Waals surface area contributed by atoms with Crippen LogP contribution in [0.2, 0.25) is 5.15 Å². The number of aryl methyl sites for hydroxylation is 1. The van der Waals surface area contributed by atoms with Gasteiger partial charge in [-0.15, -0.1) is 0 Å². The molecule has 1 atom stereocenters. The monoisotopic (exact) mass is 345 g/mol. The van der Waals surface area contributed by atoms with E-state index in [9.17, 15) is 9.59 Å². The number of primary amides is 1. The predicted octanol–water partition coefficient (Wildman–Crippen LogP) is 3.56. The first-order valence-electron chi connectivity index (χ1n) is 7.89. The second kappa shape index (κ2) is 8.02. The summed E-state index contributed by atoms with van der Waals surface area (Å²) in [6.07, 6.45) is 5.66. The number of nitrogens with two attached hydrogens (primary N) is 1. The van der Waals surface area contributed by atoms with Crippen LogP contribution in [0.25, 0.3) is 0 Å². The summed E-state index contributed by atoms with van der Waals surface area (Å²) in [5, 5.41) is 0.251. The van der Waals surface area contributed by atoms with E-state index in [1.165, 1.54) is 12.3 Å².